The van der Waals surface area contributed by atoms with Crippen molar-refractivity contribution in [1.29, 1.82) is 0 Å². The maximum atomic E-state index is 13.2. The fraction of sp³-hybridized carbons (Fsp3) is 0.526. The van der Waals surface area contributed by atoms with Gasteiger partial charge in [-0.25, -0.2) is 0 Å². The summed E-state index contributed by atoms with van der Waals surface area (Å²) in [6, 6.07) is 6.02. The van der Waals surface area contributed by atoms with Gasteiger partial charge in [0.15, 0.2) is 0 Å². The average Bonchev–Trinajstić information content (AvgIpc) is 2.95. The number of fused-ring (bicyclic) bond motifs is 3. The minimum absolute atomic E-state index is 0.143. The Bertz CT molecular complexity index is 794. The SMILES string of the molecule is CC1(C)CC2CC(C)(CN2C(=O)c2c[nH]c3ccc(Cl)cc23)C1. The van der Waals surface area contributed by atoms with Crippen molar-refractivity contribution in [1.82, 2.24) is 9.88 Å². The lowest BCUT2D eigenvalue weighted by Gasteiger charge is -2.39. The highest BCUT2D eigenvalue weighted by molar-refractivity contribution is 6.31. The van der Waals surface area contributed by atoms with E-state index in [0.717, 1.165) is 35.9 Å². The van der Waals surface area contributed by atoms with Gasteiger partial charge in [-0.05, 0) is 48.3 Å². The van der Waals surface area contributed by atoms with Gasteiger partial charge in [-0.3, -0.25) is 4.79 Å². The number of H-pyrrole nitrogens is 1. The number of nitrogens with one attached hydrogen (secondary N) is 1. The number of halogens is 1. The van der Waals surface area contributed by atoms with Crippen molar-refractivity contribution in [2.24, 2.45) is 10.8 Å². The minimum Gasteiger partial charge on any atom is -0.360 e. The predicted octanol–water partition coefficient (Wildman–Crippen LogP) is 4.86. The summed E-state index contributed by atoms with van der Waals surface area (Å²) in [5, 5.41) is 1.59. The molecular weight excluding hydrogens is 308 g/mol. The third kappa shape index (κ3) is 2.46. The maximum Gasteiger partial charge on any atom is 0.256 e. The van der Waals surface area contributed by atoms with Crippen molar-refractivity contribution >= 4 is 28.4 Å². The molecule has 2 aliphatic rings. The van der Waals surface area contributed by atoms with Crippen LogP contribution in [0.25, 0.3) is 10.9 Å². The molecule has 2 bridgehead atoms. The summed E-state index contributed by atoms with van der Waals surface area (Å²) in [5.74, 6) is 0.143. The second-order valence-electron chi connectivity index (χ2n) is 8.54. The zero-order valence-electron chi connectivity index (χ0n) is 13.9. The zero-order valence-corrected chi connectivity index (χ0v) is 14.7. The molecule has 2 heterocycles. The van der Waals surface area contributed by atoms with Crippen LogP contribution in [0, 0.1) is 10.8 Å². The van der Waals surface area contributed by atoms with Crippen molar-refractivity contribution in [2.75, 3.05) is 6.54 Å². The summed E-state index contributed by atoms with van der Waals surface area (Å²) in [7, 11) is 0. The summed E-state index contributed by atoms with van der Waals surface area (Å²) >= 11 is 6.12. The van der Waals surface area contributed by atoms with E-state index in [1.54, 1.807) is 0 Å². The summed E-state index contributed by atoms with van der Waals surface area (Å²) in [6.07, 6.45) is 5.25. The molecule has 1 N–H and O–H groups in total. The van der Waals surface area contributed by atoms with Gasteiger partial charge in [0.05, 0.1) is 5.56 Å². The number of aromatic amines is 1. The lowest BCUT2D eigenvalue weighted by atomic mass is 9.65. The normalized spacial score (nSPS) is 29.2. The lowest BCUT2D eigenvalue weighted by molar-refractivity contribution is 0.0710. The molecule has 3 nitrogen and oxygen atoms in total. The van der Waals surface area contributed by atoms with Crippen molar-refractivity contribution in [2.45, 2.75) is 46.1 Å². The quantitative estimate of drug-likeness (QED) is 0.796. The topological polar surface area (TPSA) is 36.1 Å². The van der Waals surface area contributed by atoms with E-state index >= 15 is 0 Å². The molecule has 1 saturated carbocycles. The lowest BCUT2D eigenvalue weighted by Crippen LogP contribution is -2.37. The molecule has 1 aromatic heterocycles. The van der Waals surface area contributed by atoms with Gasteiger partial charge in [0.1, 0.15) is 0 Å². The first-order valence-electron chi connectivity index (χ1n) is 8.34. The zero-order chi connectivity index (χ0) is 16.4. The standard InChI is InChI=1S/C19H23ClN2O/c1-18(2)7-13-8-19(3,10-18)11-22(13)17(23)15-9-21-16-5-4-12(20)6-14(15)16/h4-6,9,13,21H,7-8,10-11H2,1-3H3. The molecule has 2 aromatic rings. The van der Waals surface area contributed by atoms with Crippen LogP contribution < -0.4 is 0 Å². The smallest absolute Gasteiger partial charge is 0.256 e. The van der Waals surface area contributed by atoms with E-state index < -0.39 is 0 Å². The number of hydrogen-bond acceptors (Lipinski definition) is 1. The summed E-state index contributed by atoms with van der Waals surface area (Å²) < 4.78 is 0. The van der Waals surface area contributed by atoms with Crippen LogP contribution in [-0.2, 0) is 0 Å². The predicted molar refractivity (Wildman–Crippen MR) is 93.9 cm³/mol. The largest absolute Gasteiger partial charge is 0.360 e. The number of likely N-dealkylation sites (tertiary alicyclic amines) is 1. The van der Waals surface area contributed by atoms with E-state index in [4.69, 9.17) is 11.6 Å². The van der Waals surface area contributed by atoms with Crippen molar-refractivity contribution in [3.8, 4) is 0 Å². The van der Waals surface area contributed by atoms with E-state index in [1.165, 1.54) is 6.42 Å². The van der Waals surface area contributed by atoms with E-state index in [0.29, 0.717) is 16.5 Å². The second-order valence-corrected chi connectivity index (χ2v) is 8.98. The molecule has 1 amide bonds. The van der Waals surface area contributed by atoms with Crippen molar-refractivity contribution < 1.29 is 4.79 Å². The molecule has 1 aliphatic carbocycles. The molecule has 2 fully saturated rings. The summed E-state index contributed by atoms with van der Waals surface area (Å²) in [4.78, 5) is 18.5. The Balaban J connectivity index is 1.71. The van der Waals surface area contributed by atoms with Crippen molar-refractivity contribution in [3.63, 3.8) is 0 Å². The fourth-order valence-electron chi connectivity index (χ4n) is 5.12. The molecule has 1 aliphatic heterocycles. The van der Waals surface area contributed by atoms with Gasteiger partial charge in [-0.15, -0.1) is 0 Å². The summed E-state index contributed by atoms with van der Waals surface area (Å²) in [6.45, 7) is 7.86. The third-order valence-corrected chi connectivity index (χ3v) is 5.78. The third-order valence-electron chi connectivity index (χ3n) is 5.55. The molecular formula is C19H23ClN2O. The highest BCUT2D eigenvalue weighted by Crippen LogP contribution is 2.52. The molecule has 1 aromatic carbocycles. The number of carbonyl (C=O) groups is 1. The number of hydrogen-bond donors (Lipinski definition) is 1. The Hall–Kier alpha value is -1.48. The number of aromatic nitrogens is 1. The van der Waals surface area contributed by atoms with Gasteiger partial charge in [0.25, 0.3) is 5.91 Å². The monoisotopic (exact) mass is 330 g/mol. The number of rotatable bonds is 1. The highest BCUT2D eigenvalue weighted by Gasteiger charge is 2.51. The average molecular weight is 331 g/mol. The van der Waals surface area contributed by atoms with Gasteiger partial charge in [-0.1, -0.05) is 32.4 Å². The molecule has 4 heteroatoms. The van der Waals surface area contributed by atoms with E-state index in [9.17, 15) is 4.79 Å². The number of benzene rings is 1. The Kier molecular flexibility index (Phi) is 3.12. The molecule has 0 spiro atoms. The number of carbonyl (C=O) groups excluding carboxylic acids is 1. The number of nitrogens with zero attached hydrogens (tertiary/aromatic N) is 1. The summed E-state index contributed by atoms with van der Waals surface area (Å²) in [5.41, 5.74) is 2.28. The van der Waals surface area contributed by atoms with Crippen LogP contribution in [0.1, 0.15) is 50.4 Å². The number of amides is 1. The Morgan fingerprint density at radius 1 is 1.30 bits per heavy atom. The van der Waals surface area contributed by atoms with E-state index in [-0.39, 0.29) is 11.3 Å². The van der Waals surface area contributed by atoms with Gasteiger partial charge in [-0.2, -0.15) is 0 Å². The molecule has 1 saturated heterocycles. The van der Waals surface area contributed by atoms with Gasteiger partial charge in [0, 0.05) is 34.7 Å². The van der Waals surface area contributed by atoms with Crippen LogP contribution in [-0.4, -0.2) is 28.4 Å². The van der Waals surface area contributed by atoms with E-state index in [1.807, 2.05) is 24.4 Å². The van der Waals surface area contributed by atoms with Crippen molar-refractivity contribution in [3.05, 3.63) is 35.0 Å². The minimum atomic E-state index is 0.143. The molecule has 4 rings (SSSR count). The highest BCUT2D eigenvalue weighted by atomic mass is 35.5. The molecule has 0 radical (unpaired) electrons. The first kappa shape index (κ1) is 15.1. The van der Waals surface area contributed by atoms with Gasteiger partial charge in [0.2, 0.25) is 0 Å². The maximum absolute atomic E-state index is 13.2. The van der Waals surface area contributed by atoms with Crippen LogP contribution in [0.2, 0.25) is 5.02 Å². The van der Waals surface area contributed by atoms with Crippen LogP contribution in [0.4, 0.5) is 0 Å². The van der Waals surface area contributed by atoms with Crippen LogP contribution >= 0.6 is 11.6 Å². The molecule has 2 atom stereocenters. The Labute approximate surface area is 142 Å². The first-order valence-corrected chi connectivity index (χ1v) is 8.72. The van der Waals surface area contributed by atoms with Gasteiger partial charge >= 0.3 is 0 Å². The molecule has 122 valence electrons. The fourth-order valence-corrected chi connectivity index (χ4v) is 5.29. The Morgan fingerprint density at radius 3 is 2.87 bits per heavy atom. The molecule has 23 heavy (non-hydrogen) atoms. The van der Waals surface area contributed by atoms with Crippen LogP contribution in [0.5, 0.6) is 0 Å². The van der Waals surface area contributed by atoms with Crippen LogP contribution in [0.3, 0.4) is 0 Å². The van der Waals surface area contributed by atoms with Gasteiger partial charge < -0.3 is 9.88 Å². The Morgan fingerprint density at radius 2 is 2.09 bits per heavy atom. The molecule has 2 unspecified atom stereocenters. The van der Waals surface area contributed by atoms with E-state index in [2.05, 4.69) is 30.7 Å². The first-order chi connectivity index (χ1) is 10.8. The second kappa shape index (κ2) is 4.76. The van der Waals surface area contributed by atoms with Crippen LogP contribution in [0.15, 0.2) is 24.4 Å².